The molecule has 0 bridgehead atoms. The summed E-state index contributed by atoms with van der Waals surface area (Å²) in [6.45, 7) is 2.36. The third-order valence-corrected chi connectivity index (χ3v) is 1.76. The number of hydrogen-bond acceptors (Lipinski definition) is 4. The van der Waals surface area contributed by atoms with Gasteiger partial charge in [-0.15, -0.1) is 0 Å². The Morgan fingerprint density at radius 2 is 2.29 bits per heavy atom. The summed E-state index contributed by atoms with van der Waals surface area (Å²) >= 11 is 3.21. The number of halogens is 1. The van der Waals surface area contributed by atoms with Gasteiger partial charge < -0.3 is 4.74 Å². The van der Waals surface area contributed by atoms with Crippen LogP contribution in [0.4, 0.5) is 0 Å². The van der Waals surface area contributed by atoms with Gasteiger partial charge in [0.05, 0.1) is 11.1 Å². The molecule has 1 aromatic rings. The minimum Gasteiger partial charge on any atom is -0.500 e. The number of nitriles is 1. The summed E-state index contributed by atoms with van der Waals surface area (Å²) in [6.07, 6.45) is 4.53. The van der Waals surface area contributed by atoms with Gasteiger partial charge in [0.2, 0.25) is 0 Å². The van der Waals surface area contributed by atoms with Gasteiger partial charge in [0, 0.05) is 12.4 Å². The van der Waals surface area contributed by atoms with Crippen molar-refractivity contribution in [3.05, 3.63) is 29.0 Å². The van der Waals surface area contributed by atoms with Crippen LogP contribution in [0.1, 0.15) is 12.7 Å². The Morgan fingerprint density at radius 1 is 1.64 bits per heavy atom. The van der Waals surface area contributed by atoms with Crippen molar-refractivity contribution in [1.29, 1.82) is 5.26 Å². The molecule has 1 rings (SSSR count). The fourth-order valence-electron chi connectivity index (χ4n) is 0.747. The number of nitrogens with zero attached hydrogens (tertiary/aromatic N) is 3. The van der Waals surface area contributed by atoms with E-state index < -0.39 is 0 Å². The molecule has 0 fully saturated rings. The third kappa shape index (κ3) is 2.82. The molecule has 0 aliphatic heterocycles. The molecule has 0 saturated carbocycles. The topological polar surface area (TPSA) is 58.8 Å². The van der Waals surface area contributed by atoms with Crippen LogP contribution in [-0.4, -0.2) is 16.6 Å². The Kier molecular flexibility index (Phi) is 4.08. The van der Waals surface area contributed by atoms with E-state index in [0.29, 0.717) is 18.0 Å². The second-order valence-electron chi connectivity index (χ2n) is 2.32. The van der Waals surface area contributed by atoms with Crippen molar-refractivity contribution in [1.82, 2.24) is 9.97 Å². The number of rotatable bonds is 3. The van der Waals surface area contributed by atoms with Crippen LogP contribution in [0.3, 0.4) is 0 Å². The van der Waals surface area contributed by atoms with E-state index in [9.17, 15) is 0 Å². The minimum atomic E-state index is 0.319. The highest BCUT2D eigenvalue weighted by atomic mass is 79.9. The van der Waals surface area contributed by atoms with Gasteiger partial charge >= 0.3 is 0 Å². The Hall–Kier alpha value is -1.41. The first-order chi connectivity index (χ1) is 6.77. The van der Waals surface area contributed by atoms with Crippen molar-refractivity contribution in [3.8, 4) is 6.07 Å². The van der Waals surface area contributed by atoms with Crippen molar-refractivity contribution in [3.63, 3.8) is 0 Å². The molecular formula is C9H8BrN3O. The molecule has 1 heterocycles. The Bertz CT molecular complexity index is 367. The normalized spacial score (nSPS) is 10.8. The van der Waals surface area contributed by atoms with Crippen molar-refractivity contribution >= 4 is 21.5 Å². The van der Waals surface area contributed by atoms with Crippen LogP contribution in [0.5, 0.6) is 0 Å². The molecule has 0 radical (unpaired) electrons. The molecule has 0 saturated heterocycles. The van der Waals surface area contributed by atoms with E-state index in [1.807, 2.05) is 13.0 Å². The van der Waals surface area contributed by atoms with Gasteiger partial charge in [0.15, 0.2) is 5.82 Å². The lowest BCUT2D eigenvalue weighted by atomic mass is 10.3. The Labute approximate surface area is 90.4 Å². The van der Waals surface area contributed by atoms with Gasteiger partial charge in [-0.3, -0.25) is 0 Å². The largest absolute Gasteiger partial charge is 0.500 e. The van der Waals surface area contributed by atoms with Crippen LogP contribution >= 0.6 is 15.9 Å². The van der Waals surface area contributed by atoms with Crippen LogP contribution in [0, 0.1) is 11.3 Å². The Morgan fingerprint density at radius 3 is 2.79 bits per heavy atom. The lowest BCUT2D eigenvalue weighted by molar-refractivity contribution is 0.271. The second-order valence-corrected chi connectivity index (χ2v) is 3.24. The van der Waals surface area contributed by atoms with Crippen molar-refractivity contribution < 1.29 is 4.74 Å². The number of hydrogen-bond donors (Lipinski definition) is 0. The molecule has 72 valence electrons. The molecule has 0 atom stereocenters. The van der Waals surface area contributed by atoms with Crippen molar-refractivity contribution in [2.45, 2.75) is 6.92 Å². The van der Waals surface area contributed by atoms with Crippen LogP contribution < -0.4 is 0 Å². The predicted molar refractivity (Wildman–Crippen MR) is 54.9 cm³/mol. The van der Waals surface area contributed by atoms with E-state index in [1.165, 1.54) is 6.26 Å². The summed E-state index contributed by atoms with van der Waals surface area (Å²) < 4.78 is 5.77. The standard InChI is InChI=1S/C9H8BrN3O/c1-2-14-6-7(3-11)9-12-4-8(10)5-13-9/h4-6H,2H2,1H3/b7-6-. The van der Waals surface area contributed by atoms with E-state index >= 15 is 0 Å². The summed E-state index contributed by atoms with van der Waals surface area (Å²) in [5, 5.41) is 8.79. The van der Waals surface area contributed by atoms with Gasteiger partial charge in [0.1, 0.15) is 17.9 Å². The number of allylic oxidation sites excluding steroid dienone is 1. The zero-order valence-electron chi connectivity index (χ0n) is 7.57. The molecule has 5 heteroatoms. The van der Waals surface area contributed by atoms with E-state index in [2.05, 4.69) is 25.9 Å². The minimum absolute atomic E-state index is 0.319. The smallest absolute Gasteiger partial charge is 0.173 e. The summed E-state index contributed by atoms with van der Waals surface area (Å²) in [6, 6.07) is 1.97. The van der Waals surface area contributed by atoms with Gasteiger partial charge in [-0.25, -0.2) is 9.97 Å². The fraction of sp³-hybridized carbons (Fsp3) is 0.222. The lowest BCUT2D eigenvalue weighted by Crippen LogP contribution is -1.92. The van der Waals surface area contributed by atoms with Crippen LogP contribution in [0.25, 0.3) is 5.57 Å². The molecule has 0 aliphatic rings. The first-order valence-electron chi connectivity index (χ1n) is 3.97. The second kappa shape index (κ2) is 5.35. The van der Waals surface area contributed by atoms with E-state index in [4.69, 9.17) is 10.00 Å². The zero-order chi connectivity index (χ0) is 10.4. The molecule has 0 spiro atoms. The summed E-state index contributed by atoms with van der Waals surface area (Å²) in [5.41, 5.74) is 0.319. The molecule has 0 aromatic carbocycles. The van der Waals surface area contributed by atoms with E-state index in [1.54, 1.807) is 12.4 Å². The molecule has 0 N–H and O–H groups in total. The highest BCUT2D eigenvalue weighted by molar-refractivity contribution is 9.10. The van der Waals surface area contributed by atoms with Gasteiger partial charge in [0.25, 0.3) is 0 Å². The van der Waals surface area contributed by atoms with Crippen LogP contribution in [0.15, 0.2) is 23.1 Å². The SMILES string of the molecule is CCO/C=C(/C#N)c1ncc(Br)cn1. The quantitative estimate of drug-likeness (QED) is 0.612. The first-order valence-corrected chi connectivity index (χ1v) is 4.77. The maximum Gasteiger partial charge on any atom is 0.173 e. The van der Waals surface area contributed by atoms with Crippen molar-refractivity contribution in [2.75, 3.05) is 6.61 Å². The van der Waals surface area contributed by atoms with Gasteiger partial charge in [-0.05, 0) is 22.9 Å². The monoisotopic (exact) mass is 253 g/mol. The number of aromatic nitrogens is 2. The summed E-state index contributed by atoms with van der Waals surface area (Å²) in [7, 11) is 0. The average molecular weight is 254 g/mol. The summed E-state index contributed by atoms with van der Waals surface area (Å²) in [5.74, 6) is 0.365. The molecule has 4 nitrogen and oxygen atoms in total. The lowest BCUT2D eigenvalue weighted by Gasteiger charge is -1.97. The molecule has 0 amide bonds. The average Bonchev–Trinajstić information content (AvgIpc) is 2.21. The van der Waals surface area contributed by atoms with Crippen LogP contribution in [-0.2, 0) is 4.74 Å². The fourth-order valence-corrected chi connectivity index (χ4v) is 0.952. The maximum atomic E-state index is 8.79. The highest BCUT2D eigenvalue weighted by Gasteiger charge is 2.03. The van der Waals surface area contributed by atoms with Crippen LogP contribution in [0.2, 0.25) is 0 Å². The van der Waals surface area contributed by atoms with E-state index in [0.717, 1.165) is 4.47 Å². The first kappa shape index (κ1) is 10.7. The summed E-state index contributed by atoms with van der Waals surface area (Å²) in [4.78, 5) is 7.95. The van der Waals surface area contributed by atoms with Gasteiger partial charge in [-0.2, -0.15) is 5.26 Å². The number of ether oxygens (including phenoxy) is 1. The third-order valence-electron chi connectivity index (χ3n) is 1.35. The van der Waals surface area contributed by atoms with Gasteiger partial charge in [-0.1, -0.05) is 0 Å². The zero-order valence-corrected chi connectivity index (χ0v) is 9.15. The van der Waals surface area contributed by atoms with E-state index in [-0.39, 0.29) is 0 Å². The predicted octanol–water partition coefficient (Wildman–Crippen LogP) is 2.14. The molecule has 14 heavy (non-hydrogen) atoms. The molecule has 1 aromatic heterocycles. The van der Waals surface area contributed by atoms with Crippen molar-refractivity contribution in [2.24, 2.45) is 0 Å². The highest BCUT2D eigenvalue weighted by Crippen LogP contribution is 2.10. The maximum absolute atomic E-state index is 8.79. The Balaban J connectivity index is 2.91. The molecule has 0 unspecified atom stereocenters. The molecule has 0 aliphatic carbocycles. The molecular weight excluding hydrogens is 246 g/mol.